The Hall–Kier alpha value is -9.32. The number of nitriles is 1. The number of fused-ring (bicyclic) bond motifs is 13. The Morgan fingerprint density at radius 3 is 1.39 bits per heavy atom. The molecule has 18 nitrogen and oxygen atoms in total. The van der Waals surface area contributed by atoms with Crippen LogP contribution in [-0.2, 0) is 66.3 Å². The van der Waals surface area contributed by atoms with E-state index in [1.54, 1.807) is 14.2 Å². The van der Waals surface area contributed by atoms with Crippen molar-refractivity contribution in [2.45, 2.75) is 174 Å². The van der Waals surface area contributed by atoms with Gasteiger partial charge in [0.2, 0.25) is 13.6 Å². The van der Waals surface area contributed by atoms with Crippen LogP contribution in [0.5, 0.6) is 46.0 Å². The second kappa shape index (κ2) is 30.0. The molecule has 7 aliphatic rings. The molecule has 7 aliphatic heterocycles. The fraction of sp³-hybridized carbons (Fsp3) is 0.419. The number of likely N-dealkylation sites (N-methyl/N-ethyl adjacent to an activating group) is 2. The number of benzene rings is 8. The lowest BCUT2D eigenvalue weighted by Crippen LogP contribution is -2.68. The zero-order chi connectivity index (χ0) is 72.8. The lowest BCUT2D eigenvalue weighted by atomic mass is 9.71. The van der Waals surface area contributed by atoms with Crippen molar-refractivity contribution in [1.82, 2.24) is 19.6 Å². The third-order valence-corrected chi connectivity index (χ3v) is 22.3. The summed E-state index contributed by atoms with van der Waals surface area (Å²) < 4.78 is 69.9. The third-order valence-electron chi connectivity index (χ3n) is 22.3. The van der Waals surface area contributed by atoms with Crippen LogP contribution in [0.4, 0.5) is 4.79 Å². The van der Waals surface area contributed by atoms with Gasteiger partial charge in [0.25, 0.3) is 0 Å². The molecule has 0 aromatic heterocycles. The van der Waals surface area contributed by atoms with Crippen LogP contribution in [0.15, 0.2) is 133 Å². The van der Waals surface area contributed by atoms with Gasteiger partial charge < -0.3 is 57.2 Å². The Morgan fingerprint density at radius 2 is 0.942 bits per heavy atom. The van der Waals surface area contributed by atoms with Crippen LogP contribution in [0.1, 0.15) is 145 Å². The zero-order valence-electron chi connectivity index (χ0n) is 62.2. The van der Waals surface area contributed by atoms with E-state index in [2.05, 4.69) is 98.8 Å². The maximum atomic E-state index is 15.0. The van der Waals surface area contributed by atoms with Gasteiger partial charge in [-0.1, -0.05) is 133 Å². The molecule has 0 radical (unpaired) electrons. The highest BCUT2D eigenvalue weighted by Crippen LogP contribution is 2.60. The number of methoxy groups -OCH3 is 2. The number of aliphatic hydroxyl groups is 1. The van der Waals surface area contributed by atoms with Crippen LogP contribution in [0.25, 0.3) is 0 Å². The van der Waals surface area contributed by atoms with Crippen LogP contribution in [-0.4, -0.2) is 128 Å². The number of carbonyl (C=O) groups excluding carboxylic acids is 1. The van der Waals surface area contributed by atoms with E-state index >= 15 is 0 Å². The number of hydrogen-bond donors (Lipinski definition) is 1. The molecular weight excluding hydrogens is 1310 g/mol. The number of rotatable bonds is 18. The molecular formula is C86H97N5O13. The number of piperazine rings is 1. The molecule has 0 spiro atoms. The SMILES string of the molecule is COc1c(C)cc2c(c1C)[C@@H]1[C@@H]3Cc4c(OCc5ccccc5)c(C)c5c(c4[C@H](COCc4ccccc4)N3[C@@H](C#N)C(C2)N1C)OCO5.COc1c(C)cc2c(c1C)[C@H]([C@@H]1Cc3c(OCc4ccccc4)c(C)c4c(c3[C@H](COCc3ccccc3)N1C(=O)OC(C)(C)C)OCO4)N(C)[C@H](CO)C2. The number of ether oxygens (including phenoxy) is 11. The molecule has 8 aromatic carbocycles. The van der Waals surface area contributed by atoms with E-state index in [1.165, 1.54) is 16.7 Å². The molecule has 1 unspecified atom stereocenters. The van der Waals surface area contributed by atoms with Gasteiger partial charge in [0.15, 0.2) is 23.0 Å². The minimum absolute atomic E-state index is 0.00795. The molecule has 2 bridgehead atoms. The van der Waals surface area contributed by atoms with Crippen LogP contribution >= 0.6 is 0 Å². The monoisotopic (exact) mass is 1410 g/mol. The van der Waals surface area contributed by atoms with Gasteiger partial charge in [0.05, 0.1) is 83.5 Å². The van der Waals surface area contributed by atoms with Crippen molar-refractivity contribution in [2.75, 3.05) is 61.7 Å². The topological polar surface area (TPSA) is 176 Å². The Kier molecular flexibility index (Phi) is 20.7. The lowest BCUT2D eigenvalue weighted by Gasteiger charge is -2.60. The smallest absolute Gasteiger partial charge is 0.411 e. The predicted octanol–water partition coefficient (Wildman–Crippen LogP) is 14.9. The Bertz CT molecular complexity index is 4510. The van der Waals surface area contributed by atoms with E-state index in [0.717, 1.165) is 119 Å². The molecule has 8 aromatic rings. The summed E-state index contributed by atoms with van der Waals surface area (Å²) in [5, 5.41) is 21.8. The van der Waals surface area contributed by atoms with Crippen molar-refractivity contribution in [1.29, 1.82) is 5.26 Å². The van der Waals surface area contributed by atoms with Crippen molar-refractivity contribution in [3.05, 3.63) is 234 Å². The van der Waals surface area contributed by atoms with Gasteiger partial charge in [-0.25, -0.2) is 4.79 Å². The first-order chi connectivity index (χ1) is 50.3. The van der Waals surface area contributed by atoms with E-state index in [-0.39, 0.29) is 69.1 Å². The normalized spacial score (nSPS) is 22.0. The molecule has 1 amide bonds. The second-order valence-electron chi connectivity index (χ2n) is 29.7. The summed E-state index contributed by atoms with van der Waals surface area (Å²) in [6.07, 6.45) is 2.08. The number of aryl methyl sites for hydroxylation is 2. The minimum Gasteiger partial charge on any atom is -0.496 e. The fourth-order valence-electron chi connectivity index (χ4n) is 17.9. The van der Waals surface area contributed by atoms with Crippen molar-refractivity contribution < 1.29 is 62.0 Å². The van der Waals surface area contributed by atoms with Gasteiger partial charge in [0, 0.05) is 51.5 Å². The quantitative estimate of drug-likeness (QED) is 0.0858. The molecule has 0 aliphatic carbocycles. The molecule has 0 saturated carbocycles. The average molecular weight is 1410 g/mol. The van der Waals surface area contributed by atoms with Crippen molar-refractivity contribution in [3.8, 4) is 52.1 Å². The van der Waals surface area contributed by atoms with Crippen LogP contribution in [0.2, 0.25) is 0 Å². The van der Waals surface area contributed by atoms with Crippen LogP contribution in [0, 0.1) is 52.9 Å². The van der Waals surface area contributed by atoms with Gasteiger partial charge >= 0.3 is 6.09 Å². The molecule has 544 valence electrons. The highest BCUT2D eigenvalue weighted by molar-refractivity contribution is 5.74. The Labute approximate surface area is 611 Å². The number of nitrogens with zero attached hydrogens (tertiary/aromatic N) is 5. The summed E-state index contributed by atoms with van der Waals surface area (Å²) in [5.74, 6) is 5.97. The summed E-state index contributed by atoms with van der Waals surface area (Å²) in [7, 11) is 7.70. The minimum atomic E-state index is -0.781. The number of hydrogen-bond acceptors (Lipinski definition) is 17. The molecule has 18 heteroatoms. The standard InChI is InChI=1S/C45H54N2O8.C41H43N3O5/c1-27-19-32-20-33(22-48)46(7)39(37(32)28(2)40(27)50-8)35-21-34-38(43-42(53-26-54-43)29(3)41(34)52-24-31-17-13-10-14-18-31)36(47(35)44(49)55-45(4,5)6)25-51-23-30-15-11-9-12-16-30;1-24-16-29-17-31-33(19-42)44-32(37(43(31)4)35(29)25(2)38(24)45-5)18-30-36(34(44)22-46-20-27-12-8-6-9-13-27)41-40(48-23-49-41)26(3)39(30)47-21-28-14-10-7-11-15-28/h9-19,33,35-36,39,48H,20-26H2,1-8H3;6-16,31-34,37H,17-18,20-23H2,1-5H3/t33-,35-,36-,39-;31?,32-,33-,34-,37-/m00/s1. The predicted molar refractivity (Wildman–Crippen MR) is 396 cm³/mol. The molecule has 7 heterocycles. The first kappa shape index (κ1) is 71.7. The number of carbonyl (C=O) groups is 1. The van der Waals surface area contributed by atoms with Gasteiger partial charge in [-0.15, -0.1) is 0 Å². The van der Waals surface area contributed by atoms with E-state index < -0.39 is 23.8 Å². The van der Waals surface area contributed by atoms with Gasteiger partial charge in [0.1, 0.15) is 47.9 Å². The largest absolute Gasteiger partial charge is 0.496 e. The van der Waals surface area contributed by atoms with E-state index in [0.29, 0.717) is 69.5 Å². The van der Waals surface area contributed by atoms with E-state index in [9.17, 15) is 15.2 Å². The van der Waals surface area contributed by atoms with Crippen molar-refractivity contribution in [2.24, 2.45) is 0 Å². The van der Waals surface area contributed by atoms with Gasteiger partial charge in [-0.3, -0.25) is 19.6 Å². The highest BCUT2D eigenvalue weighted by Gasteiger charge is 2.57. The second-order valence-corrected chi connectivity index (χ2v) is 29.7. The maximum Gasteiger partial charge on any atom is 0.411 e. The summed E-state index contributed by atoms with van der Waals surface area (Å²) in [5.41, 5.74) is 18.3. The summed E-state index contributed by atoms with van der Waals surface area (Å²) in [4.78, 5) is 24.0. The summed E-state index contributed by atoms with van der Waals surface area (Å²) >= 11 is 0. The average Bonchev–Trinajstić information content (AvgIpc) is 0.861. The van der Waals surface area contributed by atoms with Gasteiger partial charge in [-0.2, -0.15) is 5.26 Å². The molecule has 1 fully saturated rings. The summed E-state index contributed by atoms with van der Waals surface area (Å²) in [6.45, 7) is 20.5. The van der Waals surface area contributed by atoms with Crippen molar-refractivity contribution >= 4 is 6.09 Å². The first-order valence-electron chi connectivity index (χ1n) is 36.4. The lowest BCUT2D eigenvalue weighted by molar-refractivity contribution is -0.0904. The fourth-order valence-corrected chi connectivity index (χ4v) is 17.9. The summed E-state index contributed by atoms with van der Waals surface area (Å²) in [6, 6.07) is 45.5. The van der Waals surface area contributed by atoms with E-state index in [4.69, 9.17) is 52.1 Å². The van der Waals surface area contributed by atoms with Gasteiger partial charge in [-0.05, 0) is 169 Å². The number of aliphatic hydroxyl groups excluding tert-OH is 1. The Balaban J connectivity index is 0.000000177. The molecule has 15 rings (SSSR count). The third kappa shape index (κ3) is 13.3. The van der Waals surface area contributed by atoms with E-state index in [1.807, 2.05) is 137 Å². The number of amides is 1. The molecule has 104 heavy (non-hydrogen) atoms. The first-order valence-corrected chi connectivity index (χ1v) is 36.4. The molecule has 9 atom stereocenters. The highest BCUT2D eigenvalue weighted by atomic mass is 16.7. The Morgan fingerprint density at radius 1 is 0.519 bits per heavy atom. The maximum absolute atomic E-state index is 15.0. The van der Waals surface area contributed by atoms with Crippen LogP contribution in [0.3, 0.4) is 0 Å². The van der Waals surface area contributed by atoms with Crippen LogP contribution < -0.4 is 37.9 Å². The zero-order valence-corrected chi connectivity index (χ0v) is 62.2. The van der Waals surface area contributed by atoms with Crippen molar-refractivity contribution in [3.63, 3.8) is 0 Å². The molecule has 1 saturated heterocycles. The molecule has 1 N–H and O–H groups in total.